The van der Waals surface area contributed by atoms with Crippen LogP contribution in [0.5, 0.6) is 5.75 Å². The third-order valence-corrected chi connectivity index (χ3v) is 9.71. The number of carbonyl (C=O) groups excluding carboxylic acids is 1. The van der Waals surface area contributed by atoms with Crippen molar-refractivity contribution < 1.29 is 27.8 Å². The van der Waals surface area contributed by atoms with Crippen LogP contribution in [0.3, 0.4) is 0 Å². The number of ether oxygens (including phenoxy) is 1. The number of fused-ring (bicyclic) bond motifs is 7. The maximum Gasteiger partial charge on any atom is 0.417 e. The molecule has 1 saturated carbocycles. The van der Waals surface area contributed by atoms with Gasteiger partial charge in [0.15, 0.2) is 5.60 Å². The van der Waals surface area contributed by atoms with Crippen LogP contribution in [-0.4, -0.2) is 65.0 Å². The summed E-state index contributed by atoms with van der Waals surface area (Å²) in [6, 6.07) is 15.8. The van der Waals surface area contributed by atoms with Crippen molar-refractivity contribution in [2.24, 2.45) is 5.92 Å². The van der Waals surface area contributed by atoms with Gasteiger partial charge in [0.2, 0.25) is 0 Å². The van der Waals surface area contributed by atoms with E-state index in [1.807, 2.05) is 47.4 Å². The third-order valence-electron chi connectivity index (χ3n) is 9.71. The average molecular weight is 529 g/mol. The van der Waals surface area contributed by atoms with Crippen molar-refractivity contribution in [3.8, 4) is 5.75 Å². The summed E-state index contributed by atoms with van der Waals surface area (Å²) in [6.45, 7) is 3.56. The standard InChI is InChI=1S/C30H35F3N2O3/c31-30(32,33)29(37)13-12-28(19-21-4-2-1-3-5-21)23(20-29)7-6-22-18-25(8-9-26(22)28)38-27(36)35-17-16-34-14-10-24(35)11-15-34/h1-5,8-9,18,23-24,37H,6-7,10-17,19-20H2/t23-,28+,29-/m1/s1. The SMILES string of the molecule is O=C(Oc1ccc2c(c1)CC[C@@H]1C[C@@](O)(C(F)(F)F)CC[C@@]21Cc1ccccc1)N1CCN2CCC1CC2. The molecule has 204 valence electrons. The summed E-state index contributed by atoms with van der Waals surface area (Å²) >= 11 is 0. The molecule has 1 N–H and O–H groups in total. The van der Waals surface area contributed by atoms with Gasteiger partial charge in [-0.3, -0.25) is 0 Å². The summed E-state index contributed by atoms with van der Waals surface area (Å²) < 4.78 is 47.4. The summed E-state index contributed by atoms with van der Waals surface area (Å²) in [7, 11) is 0. The van der Waals surface area contributed by atoms with E-state index in [2.05, 4.69) is 4.90 Å². The Hall–Kier alpha value is -2.58. The van der Waals surface area contributed by atoms with Gasteiger partial charge in [0.05, 0.1) is 0 Å². The van der Waals surface area contributed by atoms with Gasteiger partial charge in [-0.05, 0) is 86.1 Å². The molecule has 38 heavy (non-hydrogen) atoms. The maximum absolute atomic E-state index is 13.8. The lowest BCUT2D eigenvalue weighted by atomic mass is 9.52. The average Bonchev–Trinajstić information content (AvgIpc) is 3.23. The number of nitrogens with zero attached hydrogens (tertiary/aromatic N) is 2. The first-order valence-corrected chi connectivity index (χ1v) is 13.8. The summed E-state index contributed by atoms with van der Waals surface area (Å²) in [5.41, 5.74) is -0.0170. The van der Waals surface area contributed by atoms with Gasteiger partial charge in [-0.25, -0.2) is 4.79 Å². The van der Waals surface area contributed by atoms with E-state index in [4.69, 9.17) is 4.74 Å². The molecule has 8 heteroatoms. The molecule has 7 rings (SSSR count). The molecular weight excluding hydrogens is 493 g/mol. The monoisotopic (exact) mass is 528 g/mol. The summed E-state index contributed by atoms with van der Waals surface area (Å²) in [6.07, 6.45) is -1.62. The minimum Gasteiger partial charge on any atom is -0.410 e. The Morgan fingerprint density at radius 2 is 1.76 bits per heavy atom. The lowest BCUT2D eigenvalue weighted by molar-refractivity contribution is -0.279. The highest BCUT2D eigenvalue weighted by Gasteiger charge is 2.61. The molecule has 0 aromatic heterocycles. The number of hydrogen-bond donors (Lipinski definition) is 1. The van der Waals surface area contributed by atoms with Crippen molar-refractivity contribution in [2.45, 2.75) is 74.6 Å². The molecule has 2 aromatic carbocycles. The molecule has 5 aliphatic rings. The Morgan fingerprint density at radius 3 is 2.50 bits per heavy atom. The Morgan fingerprint density at radius 1 is 1.00 bits per heavy atom. The minimum absolute atomic E-state index is 0.211. The zero-order valence-electron chi connectivity index (χ0n) is 21.6. The first-order chi connectivity index (χ1) is 18.2. The fourth-order valence-corrected chi connectivity index (χ4v) is 7.56. The molecule has 3 saturated heterocycles. The van der Waals surface area contributed by atoms with Crippen molar-refractivity contribution in [2.75, 3.05) is 26.2 Å². The molecule has 3 atom stereocenters. The van der Waals surface area contributed by atoms with E-state index in [0.29, 0.717) is 31.6 Å². The van der Waals surface area contributed by atoms with Gasteiger partial charge in [-0.1, -0.05) is 36.4 Å². The van der Waals surface area contributed by atoms with Crippen molar-refractivity contribution in [3.05, 3.63) is 65.2 Å². The molecule has 3 aliphatic heterocycles. The van der Waals surface area contributed by atoms with Gasteiger partial charge in [0.25, 0.3) is 0 Å². The number of hydrogen-bond acceptors (Lipinski definition) is 4. The smallest absolute Gasteiger partial charge is 0.410 e. The zero-order valence-corrected chi connectivity index (χ0v) is 21.6. The molecule has 0 spiro atoms. The molecule has 0 radical (unpaired) electrons. The number of aliphatic hydroxyl groups is 1. The van der Waals surface area contributed by atoms with E-state index in [1.54, 1.807) is 6.07 Å². The molecule has 3 heterocycles. The summed E-state index contributed by atoms with van der Waals surface area (Å²) in [5.74, 6) is 0.190. The van der Waals surface area contributed by atoms with Crippen molar-refractivity contribution in [1.82, 2.24) is 9.80 Å². The molecule has 2 aliphatic carbocycles. The number of alkyl halides is 3. The lowest BCUT2D eigenvalue weighted by Crippen LogP contribution is -2.56. The van der Waals surface area contributed by atoms with Gasteiger partial charge < -0.3 is 19.6 Å². The van der Waals surface area contributed by atoms with Crippen LogP contribution in [0.2, 0.25) is 0 Å². The van der Waals surface area contributed by atoms with Crippen LogP contribution in [0, 0.1) is 5.92 Å². The Labute approximate surface area is 221 Å². The van der Waals surface area contributed by atoms with Crippen LogP contribution in [0.1, 0.15) is 55.2 Å². The first-order valence-electron chi connectivity index (χ1n) is 13.8. The topological polar surface area (TPSA) is 53.0 Å². The second kappa shape index (κ2) is 9.56. The molecule has 2 bridgehead atoms. The number of aryl methyl sites for hydroxylation is 1. The maximum atomic E-state index is 13.8. The van der Waals surface area contributed by atoms with Crippen LogP contribution < -0.4 is 4.74 Å². The quantitative estimate of drug-likeness (QED) is 0.573. The highest BCUT2D eigenvalue weighted by molar-refractivity contribution is 5.71. The van der Waals surface area contributed by atoms with E-state index < -0.39 is 17.2 Å². The molecular formula is C30H35F3N2O3. The third kappa shape index (κ3) is 4.49. The van der Waals surface area contributed by atoms with Crippen molar-refractivity contribution >= 4 is 6.09 Å². The zero-order chi connectivity index (χ0) is 26.5. The van der Waals surface area contributed by atoms with Crippen molar-refractivity contribution in [3.63, 3.8) is 0 Å². The molecule has 4 fully saturated rings. The first kappa shape index (κ1) is 25.7. The van der Waals surface area contributed by atoms with E-state index in [-0.39, 0.29) is 37.3 Å². The van der Waals surface area contributed by atoms with Crippen LogP contribution in [-0.2, 0) is 18.3 Å². The second-order valence-corrected chi connectivity index (χ2v) is 11.7. The van der Waals surface area contributed by atoms with E-state index in [9.17, 15) is 23.1 Å². The number of benzene rings is 2. The second-order valence-electron chi connectivity index (χ2n) is 11.7. The molecule has 5 nitrogen and oxygen atoms in total. The number of piperidine rings is 1. The molecule has 0 unspecified atom stereocenters. The number of amides is 1. The van der Waals surface area contributed by atoms with Crippen molar-refractivity contribution in [1.29, 1.82) is 0 Å². The van der Waals surface area contributed by atoms with Gasteiger partial charge in [-0.15, -0.1) is 0 Å². The number of halogens is 3. The van der Waals surface area contributed by atoms with Gasteiger partial charge >= 0.3 is 12.3 Å². The Balaban J connectivity index is 1.29. The fourth-order valence-electron chi connectivity index (χ4n) is 7.56. The van der Waals surface area contributed by atoms with Crippen LogP contribution in [0.15, 0.2) is 48.5 Å². The Kier molecular flexibility index (Phi) is 6.46. The predicted molar refractivity (Wildman–Crippen MR) is 137 cm³/mol. The molecule has 2 aromatic rings. The van der Waals surface area contributed by atoms with Crippen LogP contribution in [0.25, 0.3) is 0 Å². The van der Waals surface area contributed by atoms with E-state index in [0.717, 1.165) is 49.2 Å². The van der Waals surface area contributed by atoms with Crippen LogP contribution in [0.4, 0.5) is 18.0 Å². The van der Waals surface area contributed by atoms with Crippen LogP contribution >= 0.6 is 0 Å². The summed E-state index contributed by atoms with van der Waals surface area (Å²) in [4.78, 5) is 17.4. The van der Waals surface area contributed by atoms with E-state index >= 15 is 0 Å². The molecule has 1 amide bonds. The fraction of sp³-hybridized carbons (Fsp3) is 0.567. The van der Waals surface area contributed by atoms with Gasteiger partial charge in [0, 0.05) is 37.6 Å². The van der Waals surface area contributed by atoms with Gasteiger partial charge in [-0.2, -0.15) is 13.2 Å². The Bertz CT molecular complexity index is 1180. The minimum atomic E-state index is -4.64. The van der Waals surface area contributed by atoms with E-state index in [1.165, 1.54) is 0 Å². The lowest BCUT2D eigenvalue weighted by Gasteiger charge is -2.53. The van der Waals surface area contributed by atoms with Gasteiger partial charge in [0.1, 0.15) is 5.75 Å². The highest BCUT2D eigenvalue weighted by Crippen LogP contribution is 2.57. The largest absolute Gasteiger partial charge is 0.417 e. The normalized spacial score (nSPS) is 32.7. The highest BCUT2D eigenvalue weighted by atomic mass is 19.4. The predicted octanol–water partition coefficient (Wildman–Crippen LogP) is 5.49. The summed E-state index contributed by atoms with van der Waals surface area (Å²) in [5, 5.41) is 10.6. The number of carbonyl (C=O) groups is 1. The number of rotatable bonds is 3.